The van der Waals surface area contributed by atoms with E-state index >= 15 is 0 Å². The van der Waals surface area contributed by atoms with Gasteiger partial charge in [0.25, 0.3) is 5.91 Å². The number of amides is 1. The third-order valence-corrected chi connectivity index (χ3v) is 1.29. The highest BCUT2D eigenvalue weighted by Crippen LogP contribution is 1.90. The Morgan fingerprint density at radius 2 is 2.00 bits per heavy atom. The molecule has 10 heavy (non-hydrogen) atoms. The largest absolute Gasteiger partial charge is 0.383 e. The number of aliphatic hydroxyl groups excluding tert-OH is 1. The maximum absolute atomic E-state index is 10.8. The van der Waals surface area contributed by atoms with Gasteiger partial charge < -0.3 is 5.11 Å². The molecule has 0 aromatic rings. The number of carbonyl (C=O) groups is 1. The predicted molar refractivity (Wildman–Crippen MR) is 39.1 cm³/mol. The lowest BCUT2D eigenvalue weighted by atomic mass is 10.4. The first kappa shape index (κ1) is 9.58. The molecule has 0 rings (SSSR count). The Labute approximate surface area is 60.4 Å². The molecular formula is C5H11NO3S. The van der Waals surface area contributed by atoms with Crippen LogP contribution in [0.25, 0.3) is 0 Å². The van der Waals surface area contributed by atoms with Crippen LogP contribution in [0, 0.1) is 0 Å². The molecule has 0 aliphatic heterocycles. The Bertz CT molecular complexity index is 229. The summed E-state index contributed by atoms with van der Waals surface area (Å²) in [5.41, 5.74) is 0. The summed E-state index contributed by atoms with van der Waals surface area (Å²) < 4.78 is 14.1. The zero-order valence-corrected chi connectivity index (χ0v) is 7.01. The van der Waals surface area contributed by atoms with E-state index in [0.717, 1.165) is 0 Å². The number of carbonyl (C=O) groups excluding carboxylic acids is 1. The first-order valence-corrected chi connectivity index (χ1v) is 5.05. The van der Waals surface area contributed by atoms with E-state index in [0.29, 0.717) is 0 Å². The molecule has 5 heteroatoms. The van der Waals surface area contributed by atoms with Gasteiger partial charge in [-0.3, -0.25) is 4.79 Å². The van der Waals surface area contributed by atoms with Gasteiger partial charge in [-0.05, 0) is 6.92 Å². The topological polar surface area (TPSA) is 66.7 Å². The fourth-order valence-corrected chi connectivity index (χ4v) is 0.879. The van der Waals surface area contributed by atoms with Gasteiger partial charge in [0, 0.05) is 22.2 Å². The standard InChI is InChI=1S/C5H11NO3S/c1-4(7)5(8)6-10(2,3)9/h4,7H,1-3H3. The lowest BCUT2D eigenvalue weighted by molar-refractivity contribution is -0.124. The highest BCUT2D eigenvalue weighted by atomic mass is 32.2. The molecule has 0 fully saturated rings. The second-order valence-electron chi connectivity index (χ2n) is 2.29. The van der Waals surface area contributed by atoms with E-state index in [9.17, 15) is 9.00 Å². The monoisotopic (exact) mass is 165 g/mol. The molecule has 0 aliphatic carbocycles. The van der Waals surface area contributed by atoms with Crippen LogP contribution in [0.4, 0.5) is 0 Å². The Morgan fingerprint density at radius 3 is 2.10 bits per heavy atom. The van der Waals surface area contributed by atoms with Crippen LogP contribution in [0.2, 0.25) is 0 Å². The summed E-state index contributed by atoms with van der Waals surface area (Å²) in [6.45, 7) is 1.29. The maximum Gasteiger partial charge on any atom is 0.282 e. The Morgan fingerprint density at radius 1 is 1.60 bits per heavy atom. The number of rotatable bonds is 1. The van der Waals surface area contributed by atoms with E-state index in [1.807, 2.05) is 0 Å². The fourth-order valence-electron chi connectivity index (χ4n) is 0.293. The first-order chi connectivity index (χ1) is 4.33. The van der Waals surface area contributed by atoms with E-state index in [4.69, 9.17) is 5.11 Å². The number of hydrogen-bond acceptors (Lipinski definition) is 3. The summed E-state index contributed by atoms with van der Waals surface area (Å²) in [5.74, 6) is -0.727. The second kappa shape index (κ2) is 3.12. The van der Waals surface area contributed by atoms with Gasteiger partial charge in [-0.15, -0.1) is 0 Å². The van der Waals surface area contributed by atoms with Crippen molar-refractivity contribution in [1.29, 1.82) is 0 Å². The van der Waals surface area contributed by atoms with Crippen LogP contribution in [0.5, 0.6) is 0 Å². The van der Waals surface area contributed by atoms with E-state index < -0.39 is 21.7 Å². The lowest BCUT2D eigenvalue weighted by Gasteiger charge is -1.97. The summed E-state index contributed by atoms with van der Waals surface area (Å²) in [6, 6.07) is 0. The molecule has 1 amide bonds. The van der Waals surface area contributed by atoms with Crippen LogP contribution < -0.4 is 0 Å². The minimum Gasteiger partial charge on any atom is -0.383 e. The molecule has 0 aliphatic rings. The smallest absolute Gasteiger partial charge is 0.282 e. The SMILES string of the molecule is CC(O)C(=O)N=S(C)(C)=O. The summed E-state index contributed by atoms with van der Waals surface area (Å²) in [5, 5.41) is 8.62. The summed E-state index contributed by atoms with van der Waals surface area (Å²) in [4.78, 5) is 10.6. The van der Waals surface area contributed by atoms with Crippen molar-refractivity contribution in [1.82, 2.24) is 0 Å². The number of hydrogen-bond donors (Lipinski definition) is 1. The molecule has 1 unspecified atom stereocenters. The van der Waals surface area contributed by atoms with Crippen molar-refractivity contribution in [3.63, 3.8) is 0 Å². The molecule has 0 spiro atoms. The van der Waals surface area contributed by atoms with Gasteiger partial charge in [0.1, 0.15) is 6.10 Å². The third-order valence-electron chi connectivity index (χ3n) is 0.667. The molecule has 0 saturated heterocycles. The molecule has 4 nitrogen and oxygen atoms in total. The van der Waals surface area contributed by atoms with Gasteiger partial charge in [-0.2, -0.15) is 4.36 Å². The summed E-state index contributed by atoms with van der Waals surface area (Å²) in [6.07, 6.45) is 1.53. The van der Waals surface area contributed by atoms with E-state index in [-0.39, 0.29) is 0 Å². The molecule has 0 aromatic carbocycles. The van der Waals surface area contributed by atoms with Crippen LogP contribution in [0.3, 0.4) is 0 Å². The van der Waals surface area contributed by atoms with Gasteiger partial charge in [0.2, 0.25) is 0 Å². The maximum atomic E-state index is 10.8. The van der Waals surface area contributed by atoms with Gasteiger partial charge in [0.15, 0.2) is 0 Å². The highest BCUT2D eigenvalue weighted by Gasteiger charge is 2.07. The van der Waals surface area contributed by atoms with Crippen molar-refractivity contribution in [2.45, 2.75) is 13.0 Å². The zero-order chi connectivity index (χ0) is 8.36. The van der Waals surface area contributed by atoms with Crippen molar-refractivity contribution in [2.75, 3.05) is 12.5 Å². The first-order valence-electron chi connectivity index (χ1n) is 2.72. The molecule has 0 bridgehead atoms. The summed E-state index contributed by atoms with van der Waals surface area (Å²) in [7, 11) is -2.40. The van der Waals surface area contributed by atoms with E-state index in [1.54, 1.807) is 0 Å². The Kier molecular flexibility index (Phi) is 2.98. The highest BCUT2D eigenvalue weighted by molar-refractivity contribution is 7.92. The molecule has 0 heterocycles. The van der Waals surface area contributed by atoms with E-state index in [2.05, 4.69) is 4.36 Å². The molecule has 1 atom stereocenters. The van der Waals surface area contributed by atoms with Gasteiger partial charge in [-0.25, -0.2) is 4.21 Å². The second-order valence-corrected chi connectivity index (χ2v) is 4.83. The molecule has 0 radical (unpaired) electrons. The van der Waals surface area contributed by atoms with Crippen LogP contribution in [0.1, 0.15) is 6.92 Å². The normalized spacial score (nSPS) is 14.4. The van der Waals surface area contributed by atoms with E-state index in [1.165, 1.54) is 19.4 Å². The average Bonchev–Trinajstić information content (AvgIpc) is 1.60. The third kappa shape index (κ3) is 4.46. The van der Waals surface area contributed by atoms with Crippen molar-refractivity contribution in [3.8, 4) is 0 Å². The number of aliphatic hydroxyl groups is 1. The fraction of sp³-hybridized carbons (Fsp3) is 0.800. The number of nitrogens with zero attached hydrogens (tertiary/aromatic N) is 1. The quantitative estimate of drug-likeness (QED) is 0.576. The predicted octanol–water partition coefficient (Wildman–Crippen LogP) is -0.379. The molecule has 60 valence electrons. The summed E-state index contributed by atoms with van der Waals surface area (Å²) >= 11 is 0. The van der Waals surface area contributed by atoms with Gasteiger partial charge >= 0.3 is 0 Å². The van der Waals surface area contributed by atoms with Crippen molar-refractivity contribution in [2.24, 2.45) is 4.36 Å². The van der Waals surface area contributed by atoms with Gasteiger partial charge in [-0.1, -0.05) is 0 Å². The zero-order valence-electron chi connectivity index (χ0n) is 6.20. The van der Waals surface area contributed by atoms with Crippen molar-refractivity contribution in [3.05, 3.63) is 0 Å². The molecule has 1 N–H and O–H groups in total. The van der Waals surface area contributed by atoms with Crippen LogP contribution in [0.15, 0.2) is 4.36 Å². The molecule has 0 saturated carbocycles. The lowest BCUT2D eigenvalue weighted by Crippen LogP contribution is -2.14. The minimum atomic E-state index is -2.40. The average molecular weight is 165 g/mol. The Hall–Kier alpha value is -0.420. The van der Waals surface area contributed by atoms with Crippen LogP contribution in [-0.4, -0.2) is 33.8 Å². The van der Waals surface area contributed by atoms with Crippen molar-refractivity contribution < 1.29 is 14.1 Å². The van der Waals surface area contributed by atoms with Crippen LogP contribution >= 0.6 is 0 Å². The Balaban J connectivity index is 4.46. The van der Waals surface area contributed by atoms with Crippen molar-refractivity contribution >= 4 is 15.6 Å². The molecule has 0 aromatic heterocycles. The molecular weight excluding hydrogens is 154 g/mol. The van der Waals surface area contributed by atoms with Crippen LogP contribution in [-0.2, 0) is 14.5 Å². The van der Waals surface area contributed by atoms with Gasteiger partial charge in [0.05, 0.1) is 0 Å². The minimum absolute atomic E-state index is 0.727.